The highest BCUT2D eigenvalue weighted by Crippen LogP contribution is 2.06. The van der Waals surface area contributed by atoms with Gasteiger partial charge in [-0.25, -0.2) is 0 Å². The van der Waals surface area contributed by atoms with Gasteiger partial charge in [-0.15, -0.1) is 0 Å². The minimum absolute atomic E-state index is 0.0189. The molecule has 0 aliphatic carbocycles. The number of nitrogens with zero attached hydrogens (tertiary/aromatic N) is 2. The van der Waals surface area contributed by atoms with Crippen LogP contribution in [-0.2, 0) is 9.59 Å². The molecule has 0 bridgehead atoms. The Labute approximate surface area is 96.6 Å². The first-order chi connectivity index (χ1) is 7.63. The minimum atomic E-state index is -0.0189. The number of hydrogen-bond acceptors (Lipinski definition) is 4. The topological polar surface area (TPSA) is 66.6 Å². The quantitative estimate of drug-likeness (QED) is 0.593. The predicted molar refractivity (Wildman–Crippen MR) is 62.0 cm³/mol. The monoisotopic (exact) mass is 227 g/mol. The Morgan fingerprint density at radius 3 is 2.56 bits per heavy atom. The van der Waals surface area contributed by atoms with Crippen molar-refractivity contribution in [3.63, 3.8) is 0 Å². The normalized spacial score (nSPS) is 16.6. The average molecular weight is 227 g/mol. The number of nitrogens with two attached hydrogens (primary N) is 1. The third-order valence-electron chi connectivity index (χ3n) is 2.78. The van der Waals surface area contributed by atoms with Crippen LogP contribution in [0, 0.1) is 0 Å². The van der Waals surface area contributed by atoms with Gasteiger partial charge >= 0.3 is 0 Å². The van der Waals surface area contributed by atoms with Gasteiger partial charge in [-0.3, -0.25) is 9.59 Å². The molecule has 0 spiro atoms. The Balaban J connectivity index is 2.11. The van der Waals surface area contributed by atoms with Crippen molar-refractivity contribution in [1.29, 1.82) is 0 Å². The summed E-state index contributed by atoms with van der Waals surface area (Å²) in [5.74, 6) is 0.0242. The molecular weight excluding hydrogens is 206 g/mol. The van der Waals surface area contributed by atoms with Gasteiger partial charge in [0.2, 0.25) is 5.91 Å². The lowest BCUT2D eigenvalue weighted by atomic mass is 10.3. The molecule has 1 aliphatic rings. The summed E-state index contributed by atoms with van der Waals surface area (Å²) >= 11 is 0. The molecule has 92 valence electrons. The smallest absolute Gasteiger partial charge is 0.230 e. The van der Waals surface area contributed by atoms with Gasteiger partial charge in [0.25, 0.3) is 0 Å². The molecule has 0 aromatic carbocycles. The van der Waals surface area contributed by atoms with E-state index in [2.05, 4.69) is 4.90 Å². The summed E-state index contributed by atoms with van der Waals surface area (Å²) in [6.07, 6.45) is 2.01. The fraction of sp³-hybridized carbons (Fsp3) is 0.818. The molecule has 1 heterocycles. The van der Waals surface area contributed by atoms with Gasteiger partial charge in [0.1, 0.15) is 0 Å². The number of hydrogen-bond donors (Lipinski definition) is 1. The van der Waals surface area contributed by atoms with Gasteiger partial charge in [0, 0.05) is 6.54 Å². The van der Waals surface area contributed by atoms with Crippen LogP contribution in [0.3, 0.4) is 0 Å². The van der Waals surface area contributed by atoms with Crippen molar-refractivity contribution in [2.75, 3.05) is 39.8 Å². The predicted octanol–water partition coefficient (Wildman–Crippen LogP) is -0.541. The summed E-state index contributed by atoms with van der Waals surface area (Å²) in [5, 5.41) is 0. The van der Waals surface area contributed by atoms with Crippen LogP contribution in [0.1, 0.15) is 19.3 Å². The Morgan fingerprint density at radius 2 is 2.00 bits per heavy atom. The zero-order valence-electron chi connectivity index (χ0n) is 9.95. The second-order valence-corrected chi connectivity index (χ2v) is 4.33. The van der Waals surface area contributed by atoms with Crippen molar-refractivity contribution in [3.05, 3.63) is 0 Å². The number of Topliss-reactive ketones (excluding diaryl/α,β-unsaturated/α-hetero) is 1. The molecule has 16 heavy (non-hydrogen) atoms. The number of carbonyl (C=O) groups excluding carboxylic acids is 2. The van der Waals surface area contributed by atoms with Crippen LogP contribution < -0.4 is 5.73 Å². The number of likely N-dealkylation sites (tertiary alicyclic amines) is 1. The van der Waals surface area contributed by atoms with Gasteiger partial charge in [-0.1, -0.05) is 0 Å². The Hall–Kier alpha value is -0.940. The maximum Gasteiger partial charge on any atom is 0.230 e. The molecule has 0 aromatic heterocycles. The number of carbonyl (C=O) groups is 2. The van der Waals surface area contributed by atoms with Crippen molar-refractivity contribution in [1.82, 2.24) is 9.80 Å². The van der Waals surface area contributed by atoms with E-state index in [1.807, 2.05) is 7.05 Å². The van der Waals surface area contributed by atoms with Crippen LogP contribution in [0.4, 0.5) is 0 Å². The summed E-state index contributed by atoms with van der Waals surface area (Å²) in [6, 6.07) is 0. The maximum atomic E-state index is 11.3. The standard InChI is InChI=1S/C11H21N3O2/c1-13(5-2-4-12)6-3-7-14-9-10(15)8-11(14)16/h2-9,12H2,1H3. The number of ketones is 1. The molecule has 1 rings (SSSR count). The first kappa shape index (κ1) is 13.1. The molecule has 5 heteroatoms. The second kappa shape index (κ2) is 6.60. The van der Waals surface area contributed by atoms with Crippen molar-refractivity contribution < 1.29 is 9.59 Å². The number of rotatable bonds is 7. The van der Waals surface area contributed by atoms with Gasteiger partial charge in [-0.05, 0) is 39.5 Å². The van der Waals surface area contributed by atoms with Crippen LogP contribution >= 0.6 is 0 Å². The fourth-order valence-electron chi connectivity index (χ4n) is 1.85. The summed E-state index contributed by atoms with van der Waals surface area (Å²) in [4.78, 5) is 26.2. The average Bonchev–Trinajstić information content (AvgIpc) is 2.55. The molecule has 0 saturated carbocycles. The highest BCUT2D eigenvalue weighted by Gasteiger charge is 2.26. The molecule has 1 saturated heterocycles. The van der Waals surface area contributed by atoms with E-state index in [-0.39, 0.29) is 18.1 Å². The Bertz CT molecular complexity index is 256. The minimum Gasteiger partial charge on any atom is -0.335 e. The molecule has 0 aromatic rings. The van der Waals surface area contributed by atoms with E-state index in [0.29, 0.717) is 19.6 Å². The van der Waals surface area contributed by atoms with E-state index in [4.69, 9.17) is 5.73 Å². The number of amides is 1. The molecule has 0 atom stereocenters. The van der Waals surface area contributed by atoms with Crippen LogP contribution in [0.5, 0.6) is 0 Å². The van der Waals surface area contributed by atoms with Crippen molar-refractivity contribution in [2.24, 2.45) is 5.73 Å². The van der Waals surface area contributed by atoms with Crippen LogP contribution in [0.2, 0.25) is 0 Å². The fourth-order valence-corrected chi connectivity index (χ4v) is 1.85. The van der Waals surface area contributed by atoms with E-state index in [0.717, 1.165) is 25.9 Å². The van der Waals surface area contributed by atoms with E-state index in [9.17, 15) is 9.59 Å². The first-order valence-corrected chi connectivity index (χ1v) is 5.81. The molecule has 2 N–H and O–H groups in total. The summed E-state index contributed by atoms with van der Waals surface area (Å²) in [5.41, 5.74) is 5.42. The molecule has 1 amide bonds. The van der Waals surface area contributed by atoms with Gasteiger partial charge in [0.05, 0.1) is 13.0 Å². The van der Waals surface area contributed by atoms with Gasteiger partial charge < -0.3 is 15.5 Å². The van der Waals surface area contributed by atoms with Crippen LogP contribution in [0.25, 0.3) is 0 Å². The maximum absolute atomic E-state index is 11.3. The van der Waals surface area contributed by atoms with E-state index >= 15 is 0 Å². The van der Waals surface area contributed by atoms with Gasteiger partial charge in [0.15, 0.2) is 5.78 Å². The van der Waals surface area contributed by atoms with E-state index < -0.39 is 0 Å². The summed E-state index contributed by atoms with van der Waals surface area (Å²) in [6.45, 7) is 3.65. The molecular formula is C11H21N3O2. The van der Waals surface area contributed by atoms with Gasteiger partial charge in [-0.2, -0.15) is 0 Å². The zero-order chi connectivity index (χ0) is 12.0. The molecule has 1 aliphatic heterocycles. The molecule has 0 radical (unpaired) electrons. The summed E-state index contributed by atoms with van der Waals surface area (Å²) < 4.78 is 0. The highest BCUT2D eigenvalue weighted by atomic mass is 16.2. The lowest BCUT2D eigenvalue weighted by Crippen LogP contribution is -2.30. The lowest BCUT2D eigenvalue weighted by Gasteiger charge is -2.19. The first-order valence-electron chi connectivity index (χ1n) is 5.81. The largest absolute Gasteiger partial charge is 0.335 e. The van der Waals surface area contributed by atoms with Crippen LogP contribution in [-0.4, -0.2) is 61.3 Å². The van der Waals surface area contributed by atoms with E-state index in [1.54, 1.807) is 4.90 Å². The van der Waals surface area contributed by atoms with Crippen LogP contribution in [0.15, 0.2) is 0 Å². The third kappa shape index (κ3) is 4.28. The molecule has 1 fully saturated rings. The molecule has 0 unspecified atom stereocenters. The molecule has 5 nitrogen and oxygen atoms in total. The second-order valence-electron chi connectivity index (χ2n) is 4.33. The van der Waals surface area contributed by atoms with Crippen molar-refractivity contribution in [2.45, 2.75) is 19.3 Å². The Morgan fingerprint density at radius 1 is 1.31 bits per heavy atom. The highest BCUT2D eigenvalue weighted by molar-refractivity contribution is 6.05. The third-order valence-corrected chi connectivity index (χ3v) is 2.78. The van der Waals surface area contributed by atoms with E-state index in [1.165, 1.54) is 0 Å². The zero-order valence-corrected chi connectivity index (χ0v) is 9.95. The lowest BCUT2D eigenvalue weighted by molar-refractivity contribution is -0.127. The van der Waals surface area contributed by atoms with Crippen molar-refractivity contribution >= 4 is 11.7 Å². The Kier molecular flexibility index (Phi) is 5.42. The SMILES string of the molecule is CN(CCCN)CCCN1CC(=O)CC1=O. The van der Waals surface area contributed by atoms with Crippen molar-refractivity contribution in [3.8, 4) is 0 Å². The summed E-state index contributed by atoms with van der Waals surface area (Å²) in [7, 11) is 2.05.